The predicted octanol–water partition coefficient (Wildman–Crippen LogP) is 3.33. The lowest BCUT2D eigenvalue weighted by molar-refractivity contribution is 0.394. The third-order valence-electron chi connectivity index (χ3n) is 3.45. The van der Waals surface area contributed by atoms with Gasteiger partial charge in [-0.3, -0.25) is 5.84 Å². The molecule has 0 saturated carbocycles. The van der Waals surface area contributed by atoms with Crippen molar-refractivity contribution in [3.05, 3.63) is 57.6 Å². The number of hydrazine groups is 1. The molecule has 0 fully saturated rings. The first-order valence-corrected chi connectivity index (χ1v) is 7.34. The molecule has 0 aliphatic carbocycles. The van der Waals surface area contributed by atoms with E-state index in [-0.39, 0.29) is 6.04 Å². The van der Waals surface area contributed by atoms with E-state index < -0.39 is 0 Å². The summed E-state index contributed by atoms with van der Waals surface area (Å²) in [6, 6.07) is 11.5. The molecular formula is C16H19BrN2O2. The Balaban J connectivity index is 2.57. The smallest absolute Gasteiger partial charge is 0.124 e. The van der Waals surface area contributed by atoms with Gasteiger partial charge in [-0.05, 0) is 36.2 Å². The van der Waals surface area contributed by atoms with Crippen molar-refractivity contribution in [1.82, 2.24) is 5.43 Å². The number of rotatable bonds is 5. The molecule has 2 aromatic rings. The average Bonchev–Trinajstić information content (AvgIpc) is 2.52. The van der Waals surface area contributed by atoms with Crippen LogP contribution in [0.3, 0.4) is 0 Å². The highest BCUT2D eigenvalue weighted by atomic mass is 79.9. The van der Waals surface area contributed by atoms with E-state index in [1.54, 1.807) is 14.2 Å². The number of benzene rings is 2. The maximum absolute atomic E-state index is 5.80. The topological polar surface area (TPSA) is 56.5 Å². The van der Waals surface area contributed by atoms with Crippen LogP contribution in [0.25, 0.3) is 0 Å². The Bertz CT molecular complexity index is 632. The van der Waals surface area contributed by atoms with E-state index in [0.717, 1.165) is 32.7 Å². The molecule has 3 N–H and O–H groups in total. The molecule has 0 aliphatic heterocycles. The van der Waals surface area contributed by atoms with Crippen LogP contribution < -0.4 is 20.7 Å². The molecule has 0 spiro atoms. The third-order valence-corrected chi connectivity index (χ3v) is 4.53. The molecule has 0 amide bonds. The zero-order chi connectivity index (χ0) is 15.4. The highest BCUT2D eigenvalue weighted by molar-refractivity contribution is 9.10. The number of methoxy groups -OCH3 is 2. The summed E-state index contributed by atoms with van der Waals surface area (Å²) in [4.78, 5) is 0. The van der Waals surface area contributed by atoms with Crippen LogP contribution in [0, 0.1) is 6.92 Å². The Labute approximate surface area is 133 Å². The van der Waals surface area contributed by atoms with Gasteiger partial charge < -0.3 is 9.47 Å². The Morgan fingerprint density at radius 1 is 1.10 bits per heavy atom. The van der Waals surface area contributed by atoms with Crippen molar-refractivity contribution in [3.8, 4) is 11.5 Å². The molecular weight excluding hydrogens is 332 g/mol. The predicted molar refractivity (Wildman–Crippen MR) is 87.6 cm³/mol. The van der Waals surface area contributed by atoms with E-state index in [4.69, 9.17) is 15.3 Å². The van der Waals surface area contributed by atoms with Crippen LogP contribution in [0.15, 0.2) is 40.9 Å². The molecule has 0 heterocycles. The van der Waals surface area contributed by atoms with Crippen molar-refractivity contribution >= 4 is 15.9 Å². The van der Waals surface area contributed by atoms with E-state index in [1.165, 1.54) is 0 Å². The minimum atomic E-state index is -0.204. The fraction of sp³-hybridized carbons (Fsp3) is 0.250. The minimum Gasteiger partial charge on any atom is -0.497 e. The first kappa shape index (κ1) is 15.8. The van der Waals surface area contributed by atoms with Crippen LogP contribution in [0.2, 0.25) is 0 Å². The van der Waals surface area contributed by atoms with Gasteiger partial charge in [0.1, 0.15) is 11.5 Å². The van der Waals surface area contributed by atoms with Gasteiger partial charge >= 0.3 is 0 Å². The molecule has 2 aromatic carbocycles. The lowest BCUT2D eigenvalue weighted by Crippen LogP contribution is -2.29. The average molecular weight is 351 g/mol. The number of nitrogens with one attached hydrogen (secondary N) is 1. The number of nitrogens with two attached hydrogens (primary N) is 1. The second kappa shape index (κ2) is 6.93. The molecule has 4 nitrogen and oxygen atoms in total. The van der Waals surface area contributed by atoms with E-state index in [0.29, 0.717) is 0 Å². The summed E-state index contributed by atoms with van der Waals surface area (Å²) in [5.74, 6) is 7.32. The molecule has 0 bridgehead atoms. The van der Waals surface area contributed by atoms with Gasteiger partial charge in [0.15, 0.2) is 0 Å². The molecule has 1 atom stereocenters. The van der Waals surface area contributed by atoms with Gasteiger partial charge in [0.2, 0.25) is 0 Å². The van der Waals surface area contributed by atoms with Gasteiger partial charge in [0.25, 0.3) is 0 Å². The zero-order valence-electron chi connectivity index (χ0n) is 12.3. The van der Waals surface area contributed by atoms with E-state index >= 15 is 0 Å². The monoisotopic (exact) mass is 350 g/mol. The number of ether oxygens (including phenoxy) is 2. The number of halogens is 1. The van der Waals surface area contributed by atoms with Crippen LogP contribution in [0.5, 0.6) is 11.5 Å². The van der Waals surface area contributed by atoms with Crippen molar-refractivity contribution in [2.24, 2.45) is 5.84 Å². The van der Waals surface area contributed by atoms with Crippen LogP contribution in [-0.2, 0) is 0 Å². The fourth-order valence-electron chi connectivity index (χ4n) is 2.31. The molecule has 1 unspecified atom stereocenters. The summed E-state index contributed by atoms with van der Waals surface area (Å²) < 4.78 is 11.8. The third kappa shape index (κ3) is 3.20. The van der Waals surface area contributed by atoms with Gasteiger partial charge in [-0.15, -0.1) is 0 Å². The maximum Gasteiger partial charge on any atom is 0.124 e. The lowest BCUT2D eigenvalue weighted by Gasteiger charge is -2.22. The minimum absolute atomic E-state index is 0.204. The molecule has 0 saturated heterocycles. The van der Waals surface area contributed by atoms with Crippen LogP contribution in [0.1, 0.15) is 22.7 Å². The second-order valence-electron chi connectivity index (χ2n) is 4.69. The molecule has 0 aliphatic rings. The molecule has 21 heavy (non-hydrogen) atoms. The van der Waals surface area contributed by atoms with Crippen molar-refractivity contribution in [2.45, 2.75) is 13.0 Å². The highest BCUT2D eigenvalue weighted by Crippen LogP contribution is 2.36. The standard InChI is InChI=1S/C16H19BrN2O2/c1-10-5-4-6-12(15(10)17)16(19-18)13-9-11(20-2)7-8-14(13)21-3/h4-9,16,19H,18H2,1-3H3. The summed E-state index contributed by atoms with van der Waals surface area (Å²) in [6.45, 7) is 2.05. The first-order valence-electron chi connectivity index (χ1n) is 6.55. The van der Waals surface area contributed by atoms with Gasteiger partial charge in [0.05, 0.1) is 20.3 Å². The highest BCUT2D eigenvalue weighted by Gasteiger charge is 2.20. The number of hydrogen-bond donors (Lipinski definition) is 2. The number of hydrogen-bond acceptors (Lipinski definition) is 4. The Hall–Kier alpha value is -1.56. The maximum atomic E-state index is 5.80. The number of aryl methyl sites for hydroxylation is 1. The van der Waals surface area contributed by atoms with Gasteiger partial charge in [-0.25, -0.2) is 5.43 Å². The van der Waals surface area contributed by atoms with Crippen molar-refractivity contribution in [3.63, 3.8) is 0 Å². The fourth-order valence-corrected chi connectivity index (χ4v) is 2.80. The molecule has 0 radical (unpaired) electrons. The van der Waals surface area contributed by atoms with Crippen LogP contribution in [0.4, 0.5) is 0 Å². The summed E-state index contributed by atoms with van der Waals surface area (Å²) in [6.07, 6.45) is 0. The quantitative estimate of drug-likeness (QED) is 0.641. The second-order valence-corrected chi connectivity index (χ2v) is 5.48. The van der Waals surface area contributed by atoms with E-state index in [1.807, 2.05) is 43.3 Å². The van der Waals surface area contributed by atoms with Crippen molar-refractivity contribution in [1.29, 1.82) is 0 Å². The Morgan fingerprint density at radius 2 is 1.86 bits per heavy atom. The van der Waals surface area contributed by atoms with Crippen LogP contribution in [-0.4, -0.2) is 14.2 Å². The molecule has 0 aromatic heterocycles. The summed E-state index contributed by atoms with van der Waals surface area (Å²) >= 11 is 3.63. The lowest BCUT2D eigenvalue weighted by atomic mass is 9.97. The van der Waals surface area contributed by atoms with Gasteiger partial charge in [-0.2, -0.15) is 0 Å². The molecule has 2 rings (SSSR count). The molecule has 112 valence electrons. The largest absolute Gasteiger partial charge is 0.497 e. The van der Waals surface area contributed by atoms with Crippen LogP contribution >= 0.6 is 15.9 Å². The normalized spacial score (nSPS) is 12.0. The Kier molecular flexibility index (Phi) is 5.22. The van der Waals surface area contributed by atoms with E-state index in [2.05, 4.69) is 21.4 Å². The SMILES string of the molecule is COc1ccc(OC)c(C(NN)c2cccc(C)c2Br)c1. The summed E-state index contributed by atoms with van der Waals surface area (Å²) in [5, 5.41) is 0. The molecule has 5 heteroatoms. The van der Waals surface area contributed by atoms with Gasteiger partial charge in [0, 0.05) is 10.0 Å². The zero-order valence-corrected chi connectivity index (χ0v) is 13.9. The Morgan fingerprint density at radius 3 is 2.48 bits per heavy atom. The van der Waals surface area contributed by atoms with Crippen molar-refractivity contribution < 1.29 is 9.47 Å². The van der Waals surface area contributed by atoms with Gasteiger partial charge in [-0.1, -0.05) is 34.1 Å². The van der Waals surface area contributed by atoms with E-state index in [9.17, 15) is 0 Å². The summed E-state index contributed by atoms with van der Waals surface area (Å²) in [7, 11) is 3.28. The first-order chi connectivity index (χ1) is 10.1. The van der Waals surface area contributed by atoms with Crippen molar-refractivity contribution in [2.75, 3.05) is 14.2 Å². The summed E-state index contributed by atoms with van der Waals surface area (Å²) in [5.41, 5.74) is 5.98.